The van der Waals surface area contributed by atoms with Crippen LogP contribution in [0.15, 0.2) is 0 Å². The second-order valence-corrected chi connectivity index (χ2v) is 23.1. The Bertz CT molecular complexity index is 922. The number of rotatable bonds is 55. The minimum atomic E-state index is -0.416. The minimum absolute atomic E-state index is 0.142. The standard InChI is InChI=1S/C58H116N2O6S2/c1-5-9-13-17-21-25-29-33-39-53(61)49-59(50-54(62)40-34-30-26-22-18-14-10-6-2)45-37-43-57(65)67-47-48-68-58(66)44-38-46-60(51-55(63)41-35-31-27-23-19-15-11-7-3)52-56(64)42-36-32-28-24-20-16-12-8-4/h53-56,61-64H,5-52H2,1-4H3. The van der Waals surface area contributed by atoms with Crippen molar-refractivity contribution >= 4 is 33.8 Å². The molecule has 0 aliphatic carbocycles. The average molecular weight is 1000 g/mol. The van der Waals surface area contributed by atoms with E-state index in [2.05, 4.69) is 37.5 Å². The summed E-state index contributed by atoms with van der Waals surface area (Å²) in [5.74, 6) is 1.21. The van der Waals surface area contributed by atoms with E-state index in [1.54, 1.807) is 0 Å². The summed E-state index contributed by atoms with van der Waals surface area (Å²) in [6.45, 7) is 12.5. The van der Waals surface area contributed by atoms with Gasteiger partial charge < -0.3 is 20.4 Å². The van der Waals surface area contributed by atoms with E-state index in [4.69, 9.17) is 0 Å². The summed E-state index contributed by atoms with van der Waals surface area (Å²) in [4.78, 5) is 30.2. The zero-order valence-corrected chi connectivity index (χ0v) is 47.2. The molecule has 406 valence electrons. The lowest BCUT2D eigenvalue weighted by atomic mass is 10.0. The van der Waals surface area contributed by atoms with Crippen molar-refractivity contribution in [2.24, 2.45) is 0 Å². The predicted molar refractivity (Wildman–Crippen MR) is 299 cm³/mol. The first-order valence-corrected chi connectivity index (χ1v) is 31.6. The van der Waals surface area contributed by atoms with Gasteiger partial charge in [0.2, 0.25) is 0 Å². The van der Waals surface area contributed by atoms with Crippen molar-refractivity contribution in [3.05, 3.63) is 0 Å². The van der Waals surface area contributed by atoms with Crippen molar-refractivity contribution < 1.29 is 30.0 Å². The van der Waals surface area contributed by atoms with Crippen molar-refractivity contribution in [2.75, 3.05) is 50.8 Å². The second-order valence-electron chi connectivity index (χ2n) is 20.8. The van der Waals surface area contributed by atoms with Gasteiger partial charge in [-0.15, -0.1) is 0 Å². The van der Waals surface area contributed by atoms with Crippen LogP contribution in [-0.2, 0) is 9.59 Å². The van der Waals surface area contributed by atoms with Crippen LogP contribution in [0.2, 0.25) is 0 Å². The Kier molecular flexibility index (Phi) is 52.9. The Hall–Kier alpha value is -0.200. The first kappa shape index (κ1) is 67.8. The van der Waals surface area contributed by atoms with Crippen molar-refractivity contribution in [2.45, 2.75) is 309 Å². The molecule has 0 aromatic rings. The van der Waals surface area contributed by atoms with Crippen LogP contribution in [0.1, 0.15) is 285 Å². The summed E-state index contributed by atoms with van der Waals surface area (Å²) in [7, 11) is 0. The highest BCUT2D eigenvalue weighted by atomic mass is 32.2. The first-order chi connectivity index (χ1) is 33.1. The maximum absolute atomic E-state index is 12.9. The molecule has 8 nitrogen and oxygen atoms in total. The highest BCUT2D eigenvalue weighted by molar-refractivity contribution is 8.16. The van der Waals surface area contributed by atoms with Gasteiger partial charge in [0, 0.05) is 50.5 Å². The normalized spacial score (nSPS) is 13.7. The second kappa shape index (κ2) is 53.1. The molecular weight excluding hydrogens is 885 g/mol. The Balaban J connectivity index is 4.78. The summed E-state index contributed by atoms with van der Waals surface area (Å²) in [5, 5.41) is 44.2. The van der Waals surface area contributed by atoms with Gasteiger partial charge in [-0.05, 0) is 51.6 Å². The average Bonchev–Trinajstić information content (AvgIpc) is 3.31. The van der Waals surface area contributed by atoms with Crippen LogP contribution in [0.4, 0.5) is 0 Å². The number of thioether (sulfide) groups is 2. The lowest BCUT2D eigenvalue weighted by Crippen LogP contribution is -2.38. The topological polar surface area (TPSA) is 122 Å². The maximum atomic E-state index is 12.9. The monoisotopic (exact) mass is 1000 g/mol. The number of nitrogens with zero attached hydrogens (tertiary/aromatic N) is 2. The zero-order chi connectivity index (χ0) is 50.0. The molecule has 0 aliphatic rings. The molecule has 0 aromatic carbocycles. The van der Waals surface area contributed by atoms with E-state index in [1.165, 1.54) is 178 Å². The molecule has 0 bridgehead atoms. The van der Waals surface area contributed by atoms with Gasteiger partial charge >= 0.3 is 0 Å². The van der Waals surface area contributed by atoms with Crippen molar-refractivity contribution in [3.63, 3.8) is 0 Å². The summed E-state index contributed by atoms with van der Waals surface area (Å²) in [6, 6.07) is 0. The van der Waals surface area contributed by atoms with Crippen molar-refractivity contribution in [1.82, 2.24) is 9.80 Å². The quantitative estimate of drug-likeness (QED) is 0.0438. The first-order valence-electron chi connectivity index (χ1n) is 29.6. The third kappa shape index (κ3) is 49.4. The lowest BCUT2D eigenvalue weighted by molar-refractivity contribution is -0.112. The summed E-state index contributed by atoms with van der Waals surface area (Å²) >= 11 is 2.64. The molecule has 4 unspecified atom stereocenters. The van der Waals surface area contributed by atoms with Gasteiger partial charge in [-0.1, -0.05) is 257 Å². The van der Waals surface area contributed by atoms with Gasteiger partial charge in [0.25, 0.3) is 0 Å². The minimum Gasteiger partial charge on any atom is -0.392 e. The fourth-order valence-electron chi connectivity index (χ4n) is 9.48. The molecule has 0 heterocycles. The van der Waals surface area contributed by atoms with Crippen LogP contribution >= 0.6 is 23.5 Å². The van der Waals surface area contributed by atoms with E-state index in [0.29, 0.717) is 76.5 Å². The fourth-order valence-corrected chi connectivity index (χ4v) is 11.2. The Morgan fingerprint density at radius 3 is 0.750 bits per heavy atom. The summed E-state index contributed by atoms with van der Waals surface area (Å²) < 4.78 is 0. The molecule has 0 aliphatic heterocycles. The molecule has 0 spiro atoms. The van der Waals surface area contributed by atoms with E-state index in [0.717, 1.165) is 77.0 Å². The molecular formula is C58H116N2O6S2. The van der Waals surface area contributed by atoms with Crippen LogP contribution < -0.4 is 0 Å². The molecule has 0 amide bonds. The number of aliphatic hydroxyl groups excluding tert-OH is 4. The highest BCUT2D eigenvalue weighted by Gasteiger charge is 2.19. The molecule has 4 atom stereocenters. The number of unbranched alkanes of at least 4 members (excludes halogenated alkanes) is 28. The van der Waals surface area contributed by atoms with Crippen LogP contribution in [0.25, 0.3) is 0 Å². The molecule has 10 heteroatoms. The van der Waals surface area contributed by atoms with Crippen LogP contribution in [0.3, 0.4) is 0 Å². The lowest BCUT2D eigenvalue weighted by Gasteiger charge is -2.27. The Morgan fingerprint density at radius 2 is 0.529 bits per heavy atom. The molecule has 0 saturated carbocycles. The zero-order valence-electron chi connectivity index (χ0n) is 45.6. The third-order valence-electron chi connectivity index (χ3n) is 13.8. The maximum Gasteiger partial charge on any atom is 0.189 e. The van der Waals surface area contributed by atoms with Crippen molar-refractivity contribution in [3.8, 4) is 0 Å². The number of hydrogen-bond donors (Lipinski definition) is 4. The third-order valence-corrected chi connectivity index (χ3v) is 15.9. The summed E-state index contributed by atoms with van der Waals surface area (Å²) in [5.41, 5.74) is 0. The molecule has 68 heavy (non-hydrogen) atoms. The van der Waals surface area contributed by atoms with E-state index in [-0.39, 0.29) is 10.2 Å². The molecule has 0 saturated heterocycles. The molecule has 0 radical (unpaired) electrons. The summed E-state index contributed by atoms with van der Waals surface area (Å²) in [6.07, 6.45) is 43.6. The van der Waals surface area contributed by atoms with Gasteiger partial charge in [-0.2, -0.15) is 0 Å². The SMILES string of the molecule is CCCCCCCCCCC(O)CN(CCCC(=O)SCCSC(=O)CCCN(CC(O)CCCCCCCCCC)CC(O)CCCCCCCCCC)CC(O)CCCCCCCCCC. The molecule has 0 fully saturated rings. The van der Waals surface area contributed by atoms with E-state index in [9.17, 15) is 30.0 Å². The Labute approximate surface area is 431 Å². The molecule has 0 rings (SSSR count). The van der Waals surface area contributed by atoms with Crippen LogP contribution in [0, 0.1) is 0 Å². The highest BCUT2D eigenvalue weighted by Crippen LogP contribution is 2.19. The predicted octanol–water partition coefficient (Wildman–Crippen LogP) is 15.2. The van der Waals surface area contributed by atoms with Gasteiger partial charge in [0.05, 0.1) is 24.4 Å². The number of hydrogen-bond acceptors (Lipinski definition) is 10. The number of aliphatic hydroxyl groups is 4. The molecule has 0 aromatic heterocycles. The fraction of sp³-hybridized carbons (Fsp3) is 0.966. The Morgan fingerprint density at radius 1 is 0.324 bits per heavy atom. The van der Waals surface area contributed by atoms with Crippen molar-refractivity contribution in [1.29, 1.82) is 0 Å². The van der Waals surface area contributed by atoms with E-state index in [1.807, 2.05) is 0 Å². The van der Waals surface area contributed by atoms with E-state index >= 15 is 0 Å². The number of carbonyl (C=O) groups excluding carboxylic acids is 2. The smallest absolute Gasteiger partial charge is 0.189 e. The van der Waals surface area contributed by atoms with Gasteiger partial charge in [-0.3, -0.25) is 19.4 Å². The van der Waals surface area contributed by atoms with Gasteiger partial charge in [0.1, 0.15) is 0 Å². The number of carbonyl (C=O) groups is 2. The van der Waals surface area contributed by atoms with Gasteiger partial charge in [0.15, 0.2) is 10.2 Å². The van der Waals surface area contributed by atoms with E-state index < -0.39 is 24.4 Å². The molecule has 4 N–H and O–H groups in total. The largest absolute Gasteiger partial charge is 0.392 e. The van der Waals surface area contributed by atoms with Crippen LogP contribution in [-0.4, -0.2) is 116 Å². The van der Waals surface area contributed by atoms with Crippen LogP contribution in [0.5, 0.6) is 0 Å². The van der Waals surface area contributed by atoms with Gasteiger partial charge in [-0.25, -0.2) is 0 Å².